The second kappa shape index (κ2) is 5.33. The lowest BCUT2D eigenvalue weighted by atomic mass is 9.82. The molecule has 0 radical (unpaired) electrons. The second-order valence-corrected chi connectivity index (χ2v) is 5.63. The molecule has 1 atom stereocenters. The van der Waals surface area contributed by atoms with Crippen LogP contribution in [0, 0.1) is 0 Å². The summed E-state index contributed by atoms with van der Waals surface area (Å²) in [5.41, 5.74) is 5.50. The molecule has 1 heterocycles. The highest BCUT2D eigenvalue weighted by molar-refractivity contribution is 5.53. The summed E-state index contributed by atoms with van der Waals surface area (Å²) in [6.45, 7) is 4.07. The van der Waals surface area contributed by atoms with E-state index in [9.17, 15) is 10.2 Å². The van der Waals surface area contributed by atoms with Gasteiger partial charge in [0.15, 0.2) is 11.5 Å². The molecule has 106 valence electrons. The maximum atomic E-state index is 9.74. The third-order valence-electron chi connectivity index (χ3n) is 4.28. The van der Waals surface area contributed by atoms with E-state index in [2.05, 4.69) is 18.3 Å². The summed E-state index contributed by atoms with van der Waals surface area (Å²) in [7, 11) is 0. The van der Waals surface area contributed by atoms with Gasteiger partial charge in [0.1, 0.15) is 0 Å². The molecule has 0 saturated heterocycles. The summed E-state index contributed by atoms with van der Waals surface area (Å²) in [5.74, 6) is 0.197. The van der Waals surface area contributed by atoms with Crippen LogP contribution in [0.15, 0.2) is 41.0 Å². The molecule has 0 bridgehead atoms. The standard InChI is InChI=1S/C17H21NO2/c1-2-3-11-4-5-13-9-18-10-14(17(11)13)12-6-7-15(19)16(20)8-12/h4,6-8,14,18-20H,2-3,5,9-10H2,1H3. The number of allylic oxidation sites excluding steroid dienone is 2. The fourth-order valence-electron chi connectivity index (χ4n) is 3.35. The highest BCUT2D eigenvalue weighted by atomic mass is 16.3. The van der Waals surface area contributed by atoms with E-state index >= 15 is 0 Å². The summed E-state index contributed by atoms with van der Waals surface area (Å²) in [6, 6.07) is 5.19. The normalized spacial score (nSPS) is 21.9. The minimum absolute atomic E-state index is 0.0331. The molecule has 3 rings (SSSR count). The quantitative estimate of drug-likeness (QED) is 0.740. The molecule has 1 unspecified atom stereocenters. The number of phenolic OH excluding ortho intramolecular Hbond substituents is 2. The highest BCUT2D eigenvalue weighted by Crippen LogP contribution is 2.42. The minimum atomic E-state index is -0.0533. The molecular formula is C17H21NO2. The van der Waals surface area contributed by atoms with Gasteiger partial charge in [-0.1, -0.05) is 25.5 Å². The zero-order chi connectivity index (χ0) is 14.1. The van der Waals surface area contributed by atoms with Crippen LogP contribution < -0.4 is 5.32 Å². The van der Waals surface area contributed by atoms with Crippen molar-refractivity contribution in [2.75, 3.05) is 13.1 Å². The second-order valence-electron chi connectivity index (χ2n) is 5.63. The minimum Gasteiger partial charge on any atom is -0.504 e. The lowest BCUT2D eigenvalue weighted by Crippen LogP contribution is -2.30. The van der Waals surface area contributed by atoms with Crippen molar-refractivity contribution >= 4 is 0 Å². The number of benzene rings is 1. The van der Waals surface area contributed by atoms with Crippen molar-refractivity contribution in [3.8, 4) is 11.5 Å². The Morgan fingerprint density at radius 3 is 2.85 bits per heavy atom. The Bertz CT molecular complexity index is 587. The summed E-state index contributed by atoms with van der Waals surface area (Å²) in [6.07, 6.45) is 5.69. The van der Waals surface area contributed by atoms with Crippen LogP contribution in [0.5, 0.6) is 11.5 Å². The molecule has 3 N–H and O–H groups in total. The molecule has 2 aliphatic rings. The molecule has 0 amide bonds. The van der Waals surface area contributed by atoms with Crippen molar-refractivity contribution in [1.29, 1.82) is 0 Å². The van der Waals surface area contributed by atoms with Gasteiger partial charge in [0.2, 0.25) is 0 Å². The molecule has 3 heteroatoms. The number of rotatable bonds is 3. The first kappa shape index (κ1) is 13.3. The maximum absolute atomic E-state index is 9.74. The van der Waals surface area contributed by atoms with Gasteiger partial charge in [-0.3, -0.25) is 0 Å². The van der Waals surface area contributed by atoms with Crippen molar-refractivity contribution in [1.82, 2.24) is 5.32 Å². The molecule has 20 heavy (non-hydrogen) atoms. The summed E-state index contributed by atoms with van der Waals surface area (Å²) >= 11 is 0. The molecule has 0 aromatic heterocycles. The molecular weight excluding hydrogens is 250 g/mol. The lowest BCUT2D eigenvalue weighted by molar-refractivity contribution is 0.402. The fraction of sp³-hybridized carbons (Fsp3) is 0.412. The molecule has 1 aromatic carbocycles. The molecule has 0 fully saturated rings. The average Bonchev–Trinajstić information content (AvgIpc) is 2.86. The van der Waals surface area contributed by atoms with E-state index in [0.717, 1.165) is 37.9 Å². The third-order valence-corrected chi connectivity index (χ3v) is 4.28. The fourth-order valence-corrected chi connectivity index (χ4v) is 3.35. The lowest BCUT2D eigenvalue weighted by Gasteiger charge is -2.28. The van der Waals surface area contributed by atoms with Gasteiger partial charge in [-0.25, -0.2) is 0 Å². The van der Waals surface area contributed by atoms with Crippen LogP contribution in [0.25, 0.3) is 0 Å². The van der Waals surface area contributed by atoms with E-state index < -0.39 is 0 Å². The summed E-state index contributed by atoms with van der Waals surface area (Å²) in [5, 5.41) is 22.7. The Labute approximate surface area is 119 Å². The first-order valence-electron chi connectivity index (χ1n) is 7.34. The van der Waals surface area contributed by atoms with Gasteiger partial charge in [-0.15, -0.1) is 0 Å². The Balaban J connectivity index is 1.98. The van der Waals surface area contributed by atoms with E-state index in [1.807, 2.05) is 6.07 Å². The van der Waals surface area contributed by atoms with Crippen molar-refractivity contribution in [2.45, 2.75) is 32.1 Å². The predicted octanol–water partition coefficient (Wildman–Crippen LogP) is 3.21. The molecule has 1 aliphatic heterocycles. The van der Waals surface area contributed by atoms with Gasteiger partial charge < -0.3 is 15.5 Å². The van der Waals surface area contributed by atoms with E-state index in [-0.39, 0.29) is 17.4 Å². The van der Waals surface area contributed by atoms with Gasteiger partial charge in [0, 0.05) is 19.0 Å². The zero-order valence-electron chi connectivity index (χ0n) is 11.8. The smallest absolute Gasteiger partial charge is 0.157 e. The summed E-state index contributed by atoms with van der Waals surface area (Å²) < 4.78 is 0. The summed E-state index contributed by atoms with van der Waals surface area (Å²) in [4.78, 5) is 0. The number of nitrogens with one attached hydrogen (secondary N) is 1. The maximum Gasteiger partial charge on any atom is 0.157 e. The Hall–Kier alpha value is -1.74. The van der Waals surface area contributed by atoms with E-state index in [1.165, 1.54) is 16.7 Å². The van der Waals surface area contributed by atoms with E-state index in [1.54, 1.807) is 12.1 Å². The van der Waals surface area contributed by atoms with E-state index in [0.29, 0.717) is 0 Å². The molecule has 3 nitrogen and oxygen atoms in total. The van der Waals surface area contributed by atoms with Crippen LogP contribution in [0.1, 0.15) is 37.7 Å². The number of aromatic hydroxyl groups is 2. The molecule has 0 saturated carbocycles. The molecule has 1 aliphatic carbocycles. The van der Waals surface area contributed by atoms with E-state index in [4.69, 9.17) is 0 Å². The van der Waals surface area contributed by atoms with Gasteiger partial charge in [0.25, 0.3) is 0 Å². The number of phenols is 2. The van der Waals surface area contributed by atoms with Crippen LogP contribution in [0.2, 0.25) is 0 Å². The first-order valence-corrected chi connectivity index (χ1v) is 7.34. The zero-order valence-corrected chi connectivity index (χ0v) is 11.8. The number of hydrogen-bond donors (Lipinski definition) is 3. The first-order chi connectivity index (χ1) is 9.70. The number of hydrogen-bond acceptors (Lipinski definition) is 3. The van der Waals surface area contributed by atoms with Crippen molar-refractivity contribution in [2.24, 2.45) is 0 Å². The van der Waals surface area contributed by atoms with Gasteiger partial charge in [0.05, 0.1) is 0 Å². The Morgan fingerprint density at radius 2 is 2.10 bits per heavy atom. The van der Waals surface area contributed by atoms with Crippen LogP contribution in [0.3, 0.4) is 0 Å². The largest absolute Gasteiger partial charge is 0.504 e. The molecule has 0 spiro atoms. The van der Waals surface area contributed by atoms with Gasteiger partial charge >= 0.3 is 0 Å². The van der Waals surface area contributed by atoms with Gasteiger partial charge in [-0.05, 0) is 47.3 Å². The third kappa shape index (κ3) is 2.22. The van der Waals surface area contributed by atoms with Crippen molar-refractivity contribution in [3.63, 3.8) is 0 Å². The predicted molar refractivity (Wildman–Crippen MR) is 80.0 cm³/mol. The average molecular weight is 271 g/mol. The van der Waals surface area contributed by atoms with Crippen LogP contribution in [-0.2, 0) is 0 Å². The van der Waals surface area contributed by atoms with Crippen molar-refractivity contribution in [3.05, 3.63) is 46.6 Å². The monoisotopic (exact) mass is 271 g/mol. The van der Waals surface area contributed by atoms with Crippen LogP contribution in [-0.4, -0.2) is 23.3 Å². The SMILES string of the molecule is CCCC1=CCC2=C1C(c1ccc(O)c(O)c1)CNC2. The molecule has 1 aromatic rings. The van der Waals surface area contributed by atoms with Crippen molar-refractivity contribution < 1.29 is 10.2 Å². The highest BCUT2D eigenvalue weighted by Gasteiger charge is 2.29. The van der Waals surface area contributed by atoms with Gasteiger partial charge in [-0.2, -0.15) is 0 Å². The Morgan fingerprint density at radius 1 is 1.25 bits per heavy atom. The Kier molecular flexibility index (Phi) is 3.53. The topological polar surface area (TPSA) is 52.5 Å². The van der Waals surface area contributed by atoms with Crippen LogP contribution in [0.4, 0.5) is 0 Å². The van der Waals surface area contributed by atoms with Crippen LogP contribution >= 0.6 is 0 Å².